The van der Waals surface area contributed by atoms with Crippen molar-refractivity contribution in [2.45, 2.75) is 5.41 Å². The Labute approximate surface area is 398 Å². The molecular formula is C65H42N2S. The first-order valence-corrected chi connectivity index (χ1v) is 24.2. The maximum atomic E-state index is 2.47. The maximum absolute atomic E-state index is 2.47. The molecule has 0 aliphatic heterocycles. The van der Waals surface area contributed by atoms with Gasteiger partial charge in [-0.3, -0.25) is 0 Å². The van der Waals surface area contributed by atoms with Crippen LogP contribution in [0.3, 0.4) is 0 Å². The van der Waals surface area contributed by atoms with Crippen LogP contribution in [0.5, 0.6) is 0 Å². The van der Waals surface area contributed by atoms with Crippen molar-refractivity contribution in [1.29, 1.82) is 0 Å². The average Bonchev–Trinajstić information content (AvgIpc) is 4.06. The lowest BCUT2D eigenvalue weighted by atomic mass is 9.67. The zero-order valence-corrected chi connectivity index (χ0v) is 37.9. The molecule has 1 aliphatic rings. The predicted octanol–water partition coefficient (Wildman–Crippen LogP) is 17.8. The zero-order valence-electron chi connectivity index (χ0n) is 37.1. The van der Waals surface area contributed by atoms with Crippen LogP contribution in [0.2, 0.25) is 0 Å². The van der Waals surface area contributed by atoms with Crippen LogP contribution < -0.4 is 4.90 Å². The fraction of sp³-hybridized carbons (Fsp3) is 0.0154. The molecule has 0 bridgehead atoms. The van der Waals surface area contributed by atoms with Gasteiger partial charge in [-0.2, -0.15) is 0 Å². The standard InChI is InChI=1S/C65H42N2S/c1-4-17-46(18-5-1)65(47-19-6-2-7-20-47)59-26-14-12-24-53(59)54-38-34-51(42-60(54)65)66(50-35-39-63-58(41-50)56-25-13-15-27-62(56)68-63)49-32-28-43(29-33-49)45-31-36-55-57-37-30-44-16-10-11-23-52(44)64(57)67(61(55)40-45)48-21-8-3-9-22-48/h1-42H. The number of fused-ring (bicyclic) bond motifs is 11. The molecule has 1 aliphatic carbocycles. The summed E-state index contributed by atoms with van der Waals surface area (Å²) < 4.78 is 5.05. The van der Waals surface area contributed by atoms with E-state index in [0.29, 0.717) is 0 Å². The van der Waals surface area contributed by atoms with Crippen LogP contribution >= 0.6 is 11.3 Å². The van der Waals surface area contributed by atoms with Gasteiger partial charge in [0.1, 0.15) is 0 Å². The second-order valence-corrected chi connectivity index (χ2v) is 19.1. The highest BCUT2D eigenvalue weighted by atomic mass is 32.1. The molecule has 14 rings (SSSR count). The van der Waals surface area contributed by atoms with Gasteiger partial charge in [-0.15, -0.1) is 11.3 Å². The summed E-state index contributed by atoms with van der Waals surface area (Å²) in [6, 6.07) is 94.4. The van der Waals surface area contributed by atoms with Crippen LogP contribution in [0.15, 0.2) is 255 Å². The summed E-state index contributed by atoms with van der Waals surface area (Å²) in [4.78, 5) is 2.46. The molecule has 0 atom stereocenters. The summed E-state index contributed by atoms with van der Waals surface area (Å²) in [6.07, 6.45) is 0. The molecule has 0 radical (unpaired) electrons. The second-order valence-electron chi connectivity index (χ2n) is 18.0. The summed E-state index contributed by atoms with van der Waals surface area (Å²) >= 11 is 1.86. The minimum absolute atomic E-state index is 0.513. The second kappa shape index (κ2) is 15.3. The topological polar surface area (TPSA) is 8.17 Å². The predicted molar refractivity (Wildman–Crippen MR) is 289 cm³/mol. The third-order valence-electron chi connectivity index (χ3n) is 14.4. The molecule has 0 fully saturated rings. The van der Waals surface area contributed by atoms with Gasteiger partial charge in [0.25, 0.3) is 0 Å². The van der Waals surface area contributed by atoms with Crippen LogP contribution in [-0.2, 0) is 5.41 Å². The van der Waals surface area contributed by atoms with Gasteiger partial charge in [-0.1, -0.05) is 188 Å². The summed E-state index contributed by atoms with van der Waals surface area (Å²) in [5, 5.41) is 7.57. The smallest absolute Gasteiger partial charge is 0.0714 e. The van der Waals surface area contributed by atoms with Gasteiger partial charge in [0.05, 0.1) is 16.4 Å². The van der Waals surface area contributed by atoms with Gasteiger partial charge in [0.15, 0.2) is 0 Å². The van der Waals surface area contributed by atoms with Crippen molar-refractivity contribution in [3.63, 3.8) is 0 Å². The van der Waals surface area contributed by atoms with Crippen molar-refractivity contribution in [3.8, 4) is 27.9 Å². The van der Waals surface area contributed by atoms with Gasteiger partial charge >= 0.3 is 0 Å². The Hall–Kier alpha value is -8.50. The van der Waals surface area contributed by atoms with Crippen molar-refractivity contribution in [3.05, 3.63) is 277 Å². The maximum Gasteiger partial charge on any atom is 0.0714 e. The monoisotopic (exact) mass is 882 g/mol. The van der Waals surface area contributed by atoms with Gasteiger partial charge in [-0.05, 0) is 117 Å². The van der Waals surface area contributed by atoms with E-state index in [1.54, 1.807) is 0 Å². The van der Waals surface area contributed by atoms with E-state index in [9.17, 15) is 0 Å². The summed E-state index contributed by atoms with van der Waals surface area (Å²) in [5.74, 6) is 0. The van der Waals surface area contributed by atoms with Crippen molar-refractivity contribution in [2.75, 3.05) is 4.90 Å². The van der Waals surface area contributed by atoms with Gasteiger partial charge in [0, 0.05) is 59.1 Å². The fourth-order valence-electron chi connectivity index (χ4n) is 11.5. The third-order valence-corrected chi connectivity index (χ3v) is 15.6. The Morgan fingerprint density at radius 1 is 0.353 bits per heavy atom. The van der Waals surface area contributed by atoms with Crippen molar-refractivity contribution in [1.82, 2.24) is 4.57 Å². The van der Waals surface area contributed by atoms with Gasteiger partial charge in [-0.25, -0.2) is 0 Å². The number of aromatic nitrogens is 1. The van der Waals surface area contributed by atoms with Crippen LogP contribution in [0.1, 0.15) is 22.3 Å². The average molecular weight is 883 g/mol. The molecule has 2 heterocycles. The van der Waals surface area contributed by atoms with E-state index in [2.05, 4.69) is 264 Å². The minimum Gasteiger partial charge on any atom is -0.310 e. The number of anilines is 3. The van der Waals surface area contributed by atoms with E-state index in [0.717, 1.165) is 22.7 Å². The number of hydrogen-bond acceptors (Lipinski definition) is 2. The van der Waals surface area contributed by atoms with Crippen molar-refractivity contribution >= 4 is 81.1 Å². The number of thiophene rings is 1. The van der Waals surface area contributed by atoms with Crippen molar-refractivity contribution in [2.24, 2.45) is 0 Å². The third kappa shape index (κ3) is 5.76. The van der Waals surface area contributed by atoms with E-state index >= 15 is 0 Å². The van der Waals surface area contributed by atoms with Crippen LogP contribution in [0.25, 0.3) is 80.7 Å². The first-order valence-electron chi connectivity index (χ1n) is 23.4. The fourth-order valence-corrected chi connectivity index (χ4v) is 12.6. The number of nitrogens with zero attached hydrogens (tertiary/aromatic N) is 2. The molecule has 2 nitrogen and oxygen atoms in total. The molecule has 0 amide bonds. The summed E-state index contributed by atoms with van der Waals surface area (Å²) in [7, 11) is 0. The Morgan fingerprint density at radius 3 is 1.74 bits per heavy atom. The Morgan fingerprint density at radius 2 is 0.941 bits per heavy atom. The zero-order chi connectivity index (χ0) is 44.8. The highest BCUT2D eigenvalue weighted by Gasteiger charge is 2.46. The summed E-state index contributed by atoms with van der Waals surface area (Å²) in [6.45, 7) is 0. The molecule has 68 heavy (non-hydrogen) atoms. The van der Waals surface area contributed by atoms with E-state index in [1.807, 2.05) is 11.3 Å². The van der Waals surface area contributed by atoms with Crippen LogP contribution in [-0.4, -0.2) is 4.57 Å². The number of benzene rings is 11. The molecule has 3 heteroatoms. The molecule has 318 valence electrons. The first-order chi connectivity index (χ1) is 33.7. The normalized spacial score (nSPS) is 12.8. The van der Waals surface area contributed by atoms with E-state index < -0.39 is 5.41 Å². The number of rotatable bonds is 7. The molecule has 13 aromatic rings. The Bertz CT molecular complexity index is 4030. The van der Waals surface area contributed by atoms with Gasteiger partial charge in [0.2, 0.25) is 0 Å². The molecular weight excluding hydrogens is 841 g/mol. The number of para-hydroxylation sites is 1. The lowest BCUT2D eigenvalue weighted by Gasteiger charge is -2.35. The lowest BCUT2D eigenvalue weighted by Crippen LogP contribution is -2.28. The van der Waals surface area contributed by atoms with E-state index in [1.165, 1.54) is 97.3 Å². The molecule has 0 saturated heterocycles. The molecule has 0 unspecified atom stereocenters. The number of hydrogen-bond donors (Lipinski definition) is 0. The highest BCUT2D eigenvalue weighted by Crippen LogP contribution is 2.57. The van der Waals surface area contributed by atoms with E-state index in [-0.39, 0.29) is 0 Å². The van der Waals surface area contributed by atoms with Crippen LogP contribution in [0.4, 0.5) is 17.1 Å². The quantitative estimate of drug-likeness (QED) is 0.155. The minimum atomic E-state index is -0.513. The SMILES string of the molecule is c1ccc(-n2c3cc(-c4ccc(N(c5ccc6c(c5)C(c5ccccc5)(c5ccccc5)c5ccccc5-6)c5ccc6sc7ccccc7c6c5)cc4)ccc3c3ccc4ccccc4c32)cc1. The van der Waals surface area contributed by atoms with Crippen molar-refractivity contribution < 1.29 is 0 Å². The molecule has 0 N–H and O–H groups in total. The Kier molecular flexibility index (Phi) is 8.71. The van der Waals surface area contributed by atoms with Crippen LogP contribution in [0, 0.1) is 0 Å². The lowest BCUT2D eigenvalue weighted by molar-refractivity contribution is 0.768. The summed E-state index contributed by atoms with van der Waals surface area (Å²) in [5.41, 5.74) is 16.4. The molecule has 0 spiro atoms. The molecule has 11 aromatic carbocycles. The molecule has 2 aromatic heterocycles. The first kappa shape index (κ1) is 38.7. The van der Waals surface area contributed by atoms with Gasteiger partial charge < -0.3 is 9.47 Å². The molecule has 0 saturated carbocycles. The highest BCUT2D eigenvalue weighted by molar-refractivity contribution is 7.25. The Balaban J connectivity index is 0.961. The largest absolute Gasteiger partial charge is 0.310 e. The van der Waals surface area contributed by atoms with E-state index in [4.69, 9.17) is 0 Å².